The molecule has 3 aromatic rings. The standard InChI is InChI=1S/C15H10Cl2FNS/c16-12-5-10(18)6-13(17)15(12)19-7-9-8-20-14-4-2-1-3-11(9)14/h1-6,8,19H,7H2. The first-order chi connectivity index (χ1) is 9.65. The van der Waals surface area contributed by atoms with Crippen LogP contribution >= 0.6 is 34.5 Å². The molecular formula is C15H10Cl2FNS. The van der Waals surface area contributed by atoms with Gasteiger partial charge in [0.2, 0.25) is 0 Å². The van der Waals surface area contributed by atoms with Crippen molar-refractivity contribution < 1.29 is 4.39 Å². The minimum Gasteiger partial charge on any atom is -0.378 e. The smallest absolute Gasteiger partial charge is 0.126 e. The summed E-state index contributed by atoms with van der Waals surface area (Å²) in [5.41, 5.74) is 1.73. The van der Waals surface area contributed by atoms with Crippen molar-refractivity contribution in [1.29, 1.82) is 0 Å². The molecule has 1 nitrogen and oxygen atoms in total. The van der Waals surface area contributed by atoms with Gasteiger partial charge in [0, 0.05) is 11.2 Å². The lowest BCUT2D eigenvalue weighted by Crippen LogP contribution is -2.00. The maximum absolute atomic E-state index is 13.1. The highest BCUT2D eigenvalue weighted by Gasteiger charge is 2.09. The number of hydrogen-bond donors (Lipinski definition) is 1. The molecule has 0 atom stereocenters. The van der Waals surface area contributed by atoms with Gasteiger partial charge in [-0.2, -0.15) is 0 Å². The van der Waals surface area contributed by atoms with E-state index in [4.69, 9.17) is 23.2 Å². The van der Waals surface area contributed by atoms with Gasteiger partial charge in [-0.1, -0.05) is 41.4 Å². The SMILES string of the molecule is Fc1cc(Cl)c(NCc2csc3ccccc23)c(Cl)c1. The second kappa shape index (κ2) is 5.60. The Morgan fingerprint density at radius 1 is 1.10 bits per heavy atom. The second-order valence-corrected chi connectivity index (χ2v) is 6.08. The molecule has 5 heteroatoms. The number of anilines is 1. The zero-order chi connectivity index (χ0) is 14.1. The fraction of sp³-hybridized carbons (Fsp3) is 0.0667. The molecule has 0 saturated heterocycles. The van der Waals surface area contributed by atoms with Gasteiger partial charge < -0.3 is 5.32 Å². The number of hydrogen-bond acceptors (Lipinski definition) is 2. The number of benzene rings is 2. The summed E-state index contributed by atoms with van der Waals surface area (Å²) >= 11 is 13.7. The van der Waals surface area contributed by atoms with Crippen molar-refractivity contribution >= 4 is 50.3 Å². The van der Waals surface area contributed by atoms with Crippen molar-refractivity contribution in [2.75, 3.05) is 5.32 Å². The molecule has 0 amide bonds. The third-order valence-corrected chi connectivity index (χ3v) is 4.63. The Hall–Kier alpha value is -1.29. The molecule has 0 aliphatic heterocycles. The lowest BCUT2D eigenvalue weighted by molar-refractivity contribution is 0.628. The van der Waals surface area contributed by atoms with Gasteiger partial charge in [-0.05, 0) is 34.5 Å². The largest absolute Gasteiger partial charge is 0.378 e. The average Bonchev–Trinajstić information content (AvgIpc) is 2.81. The number of nitrogens with one attached hydrogen (secondary N) is 1. The molecule has 1 N–H and O–H groups in total. The van der Waals surface area contributed by atoms with Crippen molar-refractivity contribution in [3.8, 4) is 0 Å². The van der Waals surface area contributed by atoms with Crippen LogP contribution in [0.4, 0.5) is 10.1 Å². The second-order valence-electron chi connectivity index (χ2n) is 4.36. The van der Waals surface area contributed by atoms with Crippen LogP contribution in [0.1, 0.15) is 5.56 Å². The van der Waals surface area contributed by atoms with Crippen LogP contribution < -0.4 is 5.32 Å². The molecule has 0 saturated carbocycles. The van der Waals surface area contributed by atoms with E-state index in [0.29, 0.717) is 12.2 Å². The van der Waals surface area contributed by atoms with E-state index in [-0.39, 0.29) is 10.0 Å². The van der Waals surface area contributed by atoms with Crippen LogP contribution in [0.3, 0.4) is 0 Å². The number of thiophene rings is 1. The molecule has 0 radical (unpaired) electrons. The molecule has 20 heavy (non-hydrogen) atoms. The lowest BCUT2D eigenvalue weighted by atomic mass is 10.2. The van der Waals surface area contributed by atoms with Crippen molar-refractivity contribution in [3.05, 3.63) is 63.2 Å². The monoisotopic (exact) mass is 325 g/mol. The Labute approximate surface area is 129 Å². The predicted molar refractivity (Wildman–Crippen MR) is 85.6 cm³/mol. The van der Waals surface area contributed by atoms with E-state index in [1.165, 1.54) is 27.8 Å². The Kier molecular flexibility index (Phi) is 3.83. The van der Waals surface area contributed by atoms with E-state index in [9.17, 15) is 4.39 Å². The van der Waals surface area contributed by atoms with Gasteiger partial charge in [-0.3, -0.25) is 0 Å². The molecule has 0 bridgehead atoms. The maximum atomic E-state index is 13.1. The first-order valence-electron chi connectivity index (χ1n) is 5.98. The van der Waals surface area contributed by atoms with E-state index in [0.717, 1.165) is 0 Å². The molecular weight excluding hydrogens is 316 g/mol. The Morgan fingerprint density at radius 2 is 1.80 bits per heavy atom. The highest BCUT2D eigenvalue weighted by Crippen LogP contribution is 2.33. The summed E-state index contributed by atoms with van der Waals surface area (Å²) in [7, 11) is 0. The van der Waals surface area contributed by atoms with Gasteiger partial charge in [0.1, 0.15) is 5.82 Å². The summed E-state index contributed by atoms with van der Waals surface area (Å²) in [5, 5.41) is 7.06. The van der Waals surface area contributed by atoms with E-state index >= 15 is 0 Å². The van der Waals surface area contributed by atoms with Crippen LogP contribution in [0, 0.1) is 5.82 Å². The van der Waals surface area contributed by atoms with Crippen LogP contribution in [0.5, 0.6) is 0 Å². The van der Waals surface area contributed by atoms with Crippen LogP contribution in [-0.2, 0) is 6.54 Å². The average molecular weight is 326 g/mol. The molecule has 102 valence electrons. The normalized spacial score (nSPS) is 10.9. The topological polar surface area (TPSA) is 12.0 Å². The summed E-state index contributed by atoms with van der Waals surface area (Å²) in [4.78, 5) is 0. The van der Waals surface area contributed by atoms with Crippen LogP contribution in [-0.4, -0.2) is 0 Å². The van der Waals surface area contributed by atoms with E-state index in [1.54, 1.807) is 11.3 Å². The summed E-state index contributed by atoms with van der Waals surface area (Å²) in [5.74, 6) is -0.438. The summed E-state index contributed by atoms with van der Waals surface area (Å²) in [6.07, 6.45) is 0. The van der Waals surface area contributed by atoms with Gasteiger partial charge in [-0.15, -0.1) is 11.3 Å². The lowest BCUT2D eigenvalue weighted by Gasteiger charge is -2.10. The van der Waals surface area contributed by atoms with Crippen molar-refractivity contribution in [3.63, 3.8) is 0 Å². The molecule has 0 fully saturated rings. The summed E-state index contributed by atoms with van der Waals surface area (Å²) in [6.45, 7) is 0.592. The number of rotatable bonds is 3. The van der Waals surface area contributed by atoms with E-state index < -0.39 is 5.82 Å². The van der Waals surface area contributed by atoms with Gasteiger partial charge in [0.05, 0.1) is 15.7 Å². The molecule has 0 spiro atoms. The zero-order valence-corrected chi connectivity index (χ0v) is 12.6. The molecule has 1 aromatic heterocycles. The number of fused-ring (bicyclic) bond motifs is 1. The fourth-order valence-electron chi connectivity index (χ4n) is 2.06. The third-order valence-electron chi connectivity index (χ3n) is 3.02. The van der Waals surface area contributed by atoms with Crippen LogP contribution in [0.15, 0.2) is 41.8 Å². The minimum absolute atomic E-state index is 0.287. The first kappa shape index (κ1) is 13.7. The Balaban J connectivity index is 1.87. The van der Waals surface area contributed by atoms with E-state index in [2.05, 4.69) is 22.8 Å². The van der Waals surface area contributed by atoms with Gasteiger partial charge in [-0.25, -0.2) is 4.39 Å². The summed E-state index contributed by atoms with van der Waals surface area (Å²) in [6, 6.07) is 10.7. The molecule has 0 aliphatic carbocycles. The van der Waals surface area contributed by atoms with Crippen molar-refractivity contribution in [1.82, 2.24) is 0 Å². The quantitative estimate of drug-likeness (QED) is 0.626. The fourth-order valence-corrected chi connectivity index (χ4v) is 3.62. The predicted octanol–water partition coefficient (Wildman–Crippen LogP) is 5.96. The number of halogens is 3. The van der Waals surface area contributed by atoms with Crippen LogP contribution in [0.2, 0.25) is 10.0 Å². The van der Waals surface area contributed by atoms with E-state index in [1.807, 2.05) is 12.1 Å². The highest BCUT2D eigenvalue weighted by atomic mass is 35.5. The van der Waals surface area contributed by atoms with Crippen LogP contribution in [0.25, 0.3) is 10.1 Å². The van der Waals surface area contributed by atoms with Crippen molar-refractivity contribution in [2.24, 2.45) is 0 Å². The Bertz CT molecular complexity index is 746. The molecule has 0 unspecified atom stereocenters. The minimum atomic E-state index is -0.438. The van der Waals surface area contributed by atoms with Gasteiger partial charge in [0.15, 0.2) is 0 Å². The third kappa shape index (κ3) is 2.62. The molecule has 0 aliphatic rings. The molecule has 2 aromatic carbocycles. The molecule has 1 heterocycles. The maximum Gasteiger partial charge on any atom is 0.126 e. The molecule has 3 rings (SSSR count). The first-order valence-corrected chi connectivity index (χ1v) is 7.62. The van der Waals surface area contributed by atoms with Crippen molar-refractivity contribution in [2.45, 2.75) is 6.54 Å². The van der Waals surface area contributed by atoms with Gasteiger partial charge >= 0.3 is 0 Å². The Morgan fingerprint density at radius 3 is 2.55 bits per heavy atom. The van der Waals surface area contributed by atoms with Gasteiger partial charge in [0.25, 0.3) is 0 Å². The summed E-state index contributed by atoms with van der Waals surface area (Å²) < 4.78 is 14.4. The zero-order valence-electron chi connectivity index (χ0n) is 10.3. The highest BCUT2D eigenvalue weighted by molar-refractivity contribution is 7.17.